The molecule has 0 amide bonds. The summed E-state index contributed by atoms with van der Waals surface area (Å²) >= 11 is 5.21. The molecule has 6 heteroatoms. The van der Waals surface area contributed by atoms with Gasteiger partial charge in [0.1, 0.15) is 5.17 Å². The van der Waals surface area contributed by atoms with Crippen LogP contribution in [-0.4, -0.2) is 10.2 Å². The Labute approximate surface area is 76.9 Å². The summed E-state index contributed by atoms with van der Waals surface area (Å²) in [5, 5.41) is 6.50. The number of hydrogen-bond donors (Lipinski definition) is 1. The summed E-state index contributed by atoms with van der Waals surface area (Å²) in [6, 6.07) is 1.89. The van der Waals surface area contributed by atoms with Crippen LogP contribution in [0.1, 0.15) is 11.3 Å². The lowest BCUT2D eigenvalue weighted by molar-refractivity contribution is -0.137. The molecule has 0 aromatic carbocycles. The minimum Gasteiger partial charge on any atom is -0.287 e. The molecule has 2 nitrogen and oxygen atoms in total. The van der Waals surface area contributed by atoms with Gasteiger partial charge in [0.2, 0.25) is 0 Å². The number of alkyl halides is 3. The second kappa shape index (κ2) is 3.33. The predicted octanol–water partition coefficient (Wildman–Crippen LogP) is 2.66. The molecule has 1 aromatic heterocycles. The molecule has 70 valence electrons. The molecule has 0 radical (unpaired) electrons. The first-order valence-corrected chi connectivity index (χ1v) is 3.57. The zero-order valence-corrected chi connectivity index (χ0v) is 6.95. The number of hydrogen-bond acceptors (Lipinski definition) is 2. The maximum absolute atomic E-state index is 12.0. The summed E-state index contributed by atoms with van der Waals surface area (Å²) < 4.78 is 36.0. The van der Waals surface area contributed by atoms with Gasteiger partial charge in [-0.1, -0.05) is 11.6 Å². The van der Waals surface area contributed by atoms with Crippen LogP contribution in [-0.2, 0) is 6.18 Å². The highest BCUT2D eigenvalue weighted by Crippen LogP contribution is 2.28. The third kappa shape index (κ3) is 2.42. The summed E-state index contributed by atoms with van der Waals surface area (Å²) in [7, 11) is 0. The number of rotatable bonds is 1. The number of halogens is 4. The van der Waals surface area contributed by atoms with Crippen LogP contribution >= 0.6 is 11.6 Å². The molecule has 1 heterocycles. The Bertz CT molecular complexity index is 318. The number of aromatic nitrogens is 1. The summed E-state index contributed by atoms with van der Waals surface area (Å²) in [5.41, 5.74) is -0.830. The molecule has 0 atom stereocenters. The molecule has 0 bridgehead atoms. The van der Waals surface area contributed by atoms with Gasteiger partial charge in [-0.25, -0.2) is 0 Å². The van der Waals surface area contributed by atoms with E-state index >= 15 is 0 Å². The van der Waals surface area contributed by atoms with Crippen LogP contribution in [0, 0.1) is 5.41 Å². The van der Waals surface area contributed by atoms with Crippen LogP contribution in [0.25, 0.3) is 0 Å². The quantitative estimate of drug-likeness (QED) is 0.708. The van der Waals surface area contributed by atoms with Crippen molar-refractivity contribution in [2.24, 2.45) is 0 Å². The summed E-state index contributed by atoms with van der Waals surface area (Å²) in [6.45, 7) is 0. The van der Waals surface area contributed by atoms with Crippen molar-refractivity contribution in [1.29, 1.82) is 5.41 Å². The Balaban J connectivity index is 3.01. The van der Waals surface area contributed by atoms with E-state index in [1.807, 2.05) is 0 Å². The SMILES string of the molecule is N=C(Cl)c1ccc(C(F)(F)F)cn1. The average molecular weight is 209 g/mol. The Morgan fingerprint density at radius 3 is 2.31 bits per heavy atom. The van der Waals surface area contributed by atoms with Crippen molar-refractivity contribution < 1.29 is 13.2 Å². The first-order chi connectivity index (χ1) is 5.91. The van der Waals surface area contributed by atoms with Gasteiger partial charge in [-0.2, -0.15) is 13.2 Å². The number of pyridine rings is 1. The molecule has 0 saturated heterocycles. The largest absolute Gasteiger partial charge is 0.417 e. The Kier molecular flexibility index (Phi) is 2.56. The lowest BCUT2D eigenvalue weighted by Gasteiger charge is -2.05. The second-order valence-electron chi connectivity index (χ2n) is 2.24. The smallest absolute Gasteiger partial charge is 0.287 e. The topological polar surface area (TPSA) is 36.7 Å². The van der Waals surface area contributed by atoms with E-state index in [-0.39, 0.29) is 10.9 Å². The Morgan fingerprint density at radius 2 is 2.00 bits per heavy atom. The lowest BCUT2D eigenvalue weighted by atomic mass is 10.2. The Morgan fingerprint density at radius 1 is 1.38 bits per heavy atom. The van der Waals surface area contributed by atoms with E-state index in [4.69, 9.17) is 17.0 Å². The third-order valence-electron chi connectivity index (χ3n) is 1.32. The molecule has 0 saturated carbocycles. The van der Waals surface area contributed by atoms with Crippen LogP contribution in [0.4, 0.5) is 13.2 Å². The maximum atomic E-state index is 12.0. The van der Waals surface area contributed by atoms with Crippen LogP contribution in [0.5, 0.6) is 0 Å². The second-order valence-corrected chi connectivity index (χ2v) is 2.62. The minimum absolute atomic E-state index is 0.0228. The zero-order valence-electron chi connectivity index (χ0n) is 6.19. The monoisotopic (exact) mass is 208 g/mol. The molecular formula is C7H4ClF3N2. The van der Waals surface area contributed by atoms with Gasteiger partial charge in [0, 0.05) is 6.20 Å². The van der Waals surface area contributed by atoms with E-state index in [9.17, 15) is 13.2 Å². The van der Waals surface area contributed by atoms with Crippen molar-refractivity contribution in [2.45, 2.75) is 6.18 Å². The molecule has 0 fully saturated rings. The number of nitrogens with zero attached hydrogens (tertiary/aromatic N) is 1. The van der Waals surface area contributed by atoms with Gasteiger partial charge >= 0.3 is 6.18 Å². The highest BCUT2D eigenvalue weighted by atomic mass is 35.5. The Hall–Kier alpha value is -1.10. The van der Waals surface area contributed by atoms with Gasteiger partial charge in [-0.3, -0.25) is 10.4 Å². The molecule has 0 unspecified atom stereocenters. The van der Waals surface area contributed by atoms with E-state index in [0.717, 1.165) is 12.1 Å². The maximum Gasteiger partial charge on any atom is 0.417 e. The van der Waals surface area contributed by atoms with Crippen molar-refractivity contribution in [3.63, 3.8) is 0 Å². The number of nitrogens with one attached hydrogen (secondary N) is 1. The highest BCUT2D eigenvalue weighted by Gasteiger charge is 2.30. The molecule has 1 rings (SSSR count). The van der Waals surface area contributed by atoms with Crippen LogP contribution < -0.4 is 0 Å². The molecule has 0 spiro atoms. The molecular weight excluding hydrogens is 205 g/mol. The fraction of sp³-hybridized carbons (Fsp3) is 0.143. The van der Waals surface area contributed by atoms with Gasteiger partial charge in [-0.05, 0) is 12.1 Å². The molecule has 0 aliphatic carbocycles. The molecule has 0 aliphatic heterocycles. The fourth-order valence-corrected chi connectivity index (χ4v) is 0.803. The summed E-state index contributed by atoms with van der Waals surface area (Å²) in [5.74, 6) is 0. The van der Waals surface area contributed by atoms with Gasteiger partial charge < -0.3 is 0 Å². The van der Waals surface area contributed by atoms with Crippen molar-refractivity contribution in [3.8, 4) is 0 Å². The zero-order chi connectivity index (χ0) is 10.1. The van der Waals surface area contributed by atoms with E-state index in [1.165, 1.54) is 0 Å². The normalized spacial score (nSPS) is 11.4. The van der Waals surface area contributed by atoms with Crippen LogP contribution in [0.2, 0.25) is 0 Å². The van der Waals surface area contributed by atoms with Crippen molar-refractivity contribution >= 4 is 16.8 Å². The lowest BCUT2D eigenvalue weighted by Crippen LogP contribution is -2.06. The standard InChI is InChI=1S/C7H4ClF3N2/c8-6(12)5-2-1-4(3-13-5)7(9,10)11/h1-3,12H. The van der Waals surface area contributed by atoms with Gasteiger partial charge in [0.25, 0.3) is 0 Å². The predicted molar refractivity (Wildman–Crippen MR) is 41.9 cm³/mol. The van der Waals surface area contributed by atoms with E-state index in [2.05, 4.69) is 4.98 Å². The van der Waals surface area contributed by atoms with Crippen molar-refractivity contribution in [1.82, 2.24) is 4.98 Å². The fourth-order valence-electron chi connectivity index (χ4n) is 0.691. The van der Waals surface area contributed by atoms with Gasteiger partial charge in [0.05, 0.1) is 11.3 Å². The van der Waals surface area contributed by atoms with Crippen molar-refractivity contribution in [3.05, 3.63) is 29.6 Å². The molecule has 1 aromatic rings. The average Bonchev–Trinajstić information content (AvgIpc) is 2.03. The van der Waals surface area contributed by atoms with Crippen molar-refractivity contribution in [2.75, 3.05) is 0 Å². The molecule has 1 N–H and O–H groups in total. The molecule has 0 aliphatic rings. The van der Waals surface area contributed by atoms with E-state index in [0.29, 0.717) is 6.20 Å². The van der Waals surface area contributed by atoms with Crippen LogP contribution in [0.15, 0.2) is 18.3 Å². The summed E-state index contributed by atoms with van der Waals surface area (Å²) in [4.78, 5) is 3.37. The first kappa shape index (κ1) is 9.98. The minimum atomic E-state index is -4.40. The van der Waals surface area contributed by atoms with Gasteiger partial charge in [0.15, 0.2) is 0 Å². The first-order valence-electron chi connectivity index (χ1n) is 3.19. The molecule has 13 heavy (non-hydrogen) atoms. The third-order valence-corrected chi connectivity index (χ3v) is 1.51. The summed E-state index contributed by atoms with van der Waals surface area (Å²) in [6.07, 6.45) is -3.76. The van der Waals surface area contributed by atoms with Gasteiger partial charge in [-0.15, -0.1) is 0 Å². The highest BCUT2D eigenvalue weighted by molar-refractivity contribution is 6.68. The van der Waals surface area contributed by atoms with E-state index in [1.54, 1.807) is 0 Å². The van der Waals surface area contributed by atoms with E-state index < -0.39 is 11.7 Å². The van der Waals surface area contributed by atoms with Crippen LogP contribution in [0.3, 0.4) is 0 Å².